The van der Waals surface area contributed by atoms with Gasteiger partial charge in [0, 0.05) is 12.1 Å². The molecule has 0 heterocycles. The normalized spacial score (nSPS) is 11.1. The summed E-state index contributed by atoms with van der Waals surface area (Å²) in [6.45, 7) is 4.13. The van der Waals surface area contributed by atoms with Crippen LogP contribution in [-0.4, -0.2) is 14.3 Å². The Balaban J connectivity index is 1.77. The number of hydrogen-bond donors (Lipinski definition) is 2. The molecule has 1 amide bonds. The van der Waals surface area contributed by atoms with E-state index < -0.39 is 10.0 Å². The van der Waals surface area contributed by atoms with Crippen LogP contribution in [0.3, 0.4) is 0 Å². The van der Waals surface area contributed by atoms with Crippen LogP contribution in [-0.2, 0) is 16.6 Å². The Morgan fingerprint density at radius 1 is 0.857 bits per heavy atom. The fourth-order valence-corrected chi connectivity index (χ4v) is 3.92. The minimum absolute atomic E-state index is 0.170. The molecule has 28 heavy (non-hydrogen) atoms. The summed E-state index contributed by atoms with van der Waals surface area (Å²) in [5.74, 6) is -0.251. The number of amides is 1. The third-order valence-electron chi connectivity index (χ3n) is 4.45. The molecule has 0 saturated carbocycles. The van der Waals surface area contributed by atoms with E-state index in [2.05, 4.69) is 10.0 Å². The minimum atomic E-state index is -3.72. The number of rotatable bonds is 6. The second-order valence-electron chi connectivity index (χ2n) is 6.56. The SMILES string of the molecule is Cc1ccc(CNC(=O)c2cccc(NS(=O)(=O)c3ccccc3)c2C)cc1. The van der Waals surface area contributed by atoms with Crippen molar-refractivity contribution in [3.05, 3.63) is 95.1 Å². The molecule has 3 rings (SSSR count). The average Bonchev–Trinajstić information content (AvgIpc) is 2.69. The van der Waals surface area contributed by atoms with E-state index in [1.54, 1.807) is 43.3 Å². The number of aryl methyl sites for hydroxylation is 1. The maximum atomic E-state index is 12.6. The van der Waals surface area contributed by atoms with Gasteiger partial charge in [-0.3, -0.25) is 9.52 Å². The molecule has 0 aliphatic heterocycles. The molecule has 3 aromatic carbocycles. The van der Waals surface area contributed by atoms with E-state index in [0.717, 1.165) is 11.1 Å². The Bertz CT molecular complexity index is 1080. The summed E-state index contributed by atoms with van der Waals surface area (Å²) in [4.78, 5) is 12.8. The molecule has 0 aliphatic rings. The van der Waals surface area contributed by atoms with E-state index in [4.69, 9.17) is 0 Å². The van der Waals surface area contributed by atoms with Crippen molar-refractivity contribution >= 4 is 21.6 Å². The standard InChI is InChI=1S/C22H22N2O3S/c1-16-11-13-18(14-12-16)15-23-22(25)20-9-6-10-21(17(20)2)24-28(26,27)19-7-4-3-5-8-19/h3-14,24H,15H2,1-2H3,(H,23,25). The molecule has 0 saturated heterocycles. The highest BCUT2D eigenvalue weighted by atomic mass is 32.2. The van der Waals surface area contributed by atoms with Gasteiger partial charge in [-0.2, -0.15) is 0 Å². The van der Waals surface area contributed by atoms with Crippen LogP contribution in [0.15, 0.2) is 77.7 Å². The highest BCUT2D eigenvalue weighted by Gasteiger charge is 2.17. The fourth-order valence-electron chi connectivity index (χ4n) is 2.78. The number of nitrogens with one attached hydrogen (secondary N) is 2. The van der Waals surface area contributed by atoms with Crippen LogP contribution in [0.4, 0.5) is 5.69 Å². The molecule has 5 nitrogen and oxygen atoms in total. The molecule has 0 unspecified atom stereocenters. The summed E-state index contributed by atoms with van der Waals surface area (Å²) in [6, 6.07) is 21.0. The lowest BCUT2D eigenvalue weighted by molar-refractivity contribution is 0.0950. The van der Waals surface area contributed by atoms with Gasteiger partial charge >= 0.3 is 0 Å². The second kappa shape index (κ2) is 8.27. The number of hydrogen-bond acceptors (Lipinski definition) is 3. The summed E-state index contributed by atoms with van der Waals surface area (Å²) >= 11 is 0. The number of carbonyl (C=O) groups excluding carboxylic acids is 1. The Morgan fingerprint density at radius 2 is 1.54 bits per heavy atom. The predicted octanol–water partition coefficient (Wildman–Crippen LogP) is 4.03. The van der Waals surface area contributed by atoms with Crippen LogP contribution in [0, 0.1) is 13.8 Å². The van der Waals surface area contributed by atoms with E-state index in [0.29, 0.717) is 23.4 Å². The number of carbonyl (C=O) groups is 1. The maximum absolute atomic E-state index is 12.6. The third-order valence-corrected chi connectivity index (χ3v) is 5.83. The Labute approximate surface area is 165 Å². The monoisotopic (exact) mass is 394 g/mol. The summed E-state index contributed by atoms with van der Waals surface area (Å²) < 4.78 is 27.7. The van der Waals surface area contributed by atoms with Crippen molar-refractivity contribution < 1.29 is 13.2 Å². The molecule has 0 aliphatic carbocycles. The molecular weight excluding hydrogens is 372 g/mol. The van der Waals surface area contributed by atoms with Gasteiger partial charge in [0.2, 0.25) is 0 Å². The quantitative estimate of drug-likeness (QED) is 0.663. The highest BCUT2D eigenvalue weighted by Crippen LogP contribution is 2.22. The van der Waals surface area contributed by atoms with E-state index >= 15 is 0 Å². The molecule has 0 radical (unpaired) electrons. The number of anilines is 1. The lowest BCUT2D eigenvalue weighted by Gasteiger charge is -2.14. The largest absolute Gasteiger partial charge is 0.348 e. The van der Waals surface area contributed by atoms with Gasteiger partial charge in [0.15, 0.2) is 0 Å². The summed E-state index contributed by atoms with van der Waals surface area (Å²) in [5.41, 5.74) is 3.54. The van der Waals surface area contributed by atoms with Gasteiger partial charge in [-0.1, -0.05) is 54.1 Å². The van der Waals surface area contributed by atoms with E-state index in [1.807, 2.05) is 31.2 Å². The average molecular weight is 394 g/mol. The topological polar surface area (TPSA) is 75.3 Å². The van der Waals surface area contributed by atoms with Crippen molar-refractivity contribution in [2.45, 2.75) is 25.3 Å². The second-order valence-corrected chi connectivity index (χ2v) is 8.25. The maximum Gasteiger partial charge on any atom is 0.261 e. The van der Waals surface area contributed by atoms with Gasteiger partial charge < -0.3 is 5.32 Å². The van der Waals surface area contributed by atoms with Crippen molar-refractivity contribution in [1.29, 1.82) is 0 Å². The van der Waals surface area contributed by atoms with Crippen molar-refractivity contribution in [1.82, 2.24) is 5.32 Å². The van der Waals surface area contributed by atoms with Crippen LogP contribution in [0.25, 0.3) is 0 Å². The molecule has 0 bridgehead atoms. The molecule has 0 spiro atoms. The van der Waals surface area contributed by atoms with E-state index in [-0.39, 0.29) is 10.8 Å². The highest BCUT2D eigenvalue weighted by molar-refractivity contribution is 7.92. The Kier molecular flexibility index (Phi) is 5.80. The zero-order valence-corrected chi connectivity index (χ0v) is 16.6. The number of benzene rings is 3. The molecular formula is C22H22N2O3S. The van der Waals surface area contributed by atoms with Crippen LogP contribution in [0.5, 0.6) is 0 Å². The fraction of sp³-hybridized carbons (Fsp3) is 0.136. The smallest absolute Gasteiger partial charge is 0.261 e. The van der Waals surface area contributed by atoms with Crippen LogP contribution < -0.4 is 10.0 Å². The van der Waals surface area contributed by atoms with Gasteiger partial charge in [-0.05, 0) is 49.2 Å². The summed E-state index contributed by atoms with van der Waals surface area (Å²) in [5, 5.41) is 2.88. The van der Waals surface area contributed by atoms with Crippen molar-refractivity contribution in [2.75, 3.05) is 4.72 Å². The van der Waals surface area contributed by atoms with E-state index in [1.165, 1.54) is 12.1 Å². The predicted molar refractivity (Wildman–Crippen MR) is 111 cm³/mol. The lowest BCUT2D eigenvalue weighted by atomic mass is 10.1. The first-order valence-corrected chi connectivity index (χ1v) is 10.4. The van der Waals surface area contributed by atoms with Gasteiger partial charge in [-0.15, -0.1) is 0 Å². The summed E-state index contributed by atoms with van der Waals surface area (Å²) in [7, 11) is -3.72. The van der Waals surface area contributed by atoms with Gasteiger partial charge in [0.05, 0.1) is 10.6 Å². The first-order valence-electron chi connectivity index (χ1n) is 8.88. The Morgan fingerprint density at radius 3 is 2.21 bits per heavy atom. The molecule has 6 heteroatoms. The first-order chi connectivity index (χ1) is 13.4. The Hall–Kier alpha value is -3.12. The van der Waals surface area contributed by atoms with Crippen LogP contribution >= 0.6 is 0 Å². The third kappa shape index (κ3) is 4.58. The van der Waals surface area contributed by atoms with Gasteiger partial charge in [0.25, 0.3) is 15.9 Å². The molecule has 0 fully saturated rings. The first kappa shape index (κ1) is 19.6. The van der Waals surface area contributed by atoms with Crippen molar-refractivity contribution in [2.24, 2.45) is 0 Å². The molecule has 0 aromatic heterocycles. The van der Waals surface area contributed by atoms with Gasteiger partial charge in [-0.25, -0.2) is 8.42 Å². The lowest BCUT2D eigenvalue weighted by Crippen LogP contribution is -2.24. The van der Waals surface area contributed by atoms with Crippen molar-refractivity contribution in [3.63, 3.8) is 0 Å². The molecule has 144 valence electrons. The molecule has 3 aromatic rings. The zero-order valence-electron chi connectivity index (χ0n) is 15.8. The van der Waals surface area contributed by atoms with Crippen LogP contribution in [0.1, 0.15) is 27.0 Å². The van der Waals surface area contributed by atoms with Gasteiger partial charge in [0.1, 0.15) is 0 Å². The van der Waals surface area contributed by atoms with Crippen LogP contribution in [0.2, 0.25) is 0 Å². The minimum Gasteiger partial charge on any atom is -0.348 e. The van der Waals surface area contributed by atoms with E-state index in [9.17, 15) is 13.2 Å². The summed E-state index contributed by atoms with van der Waals surface area (Å²) in [6.07, 6.45) is 0. The number of sulfonamides is 1. The van der Waals surface area contributed by atoms with Crippen molar-refractivity contribution in [3.8, 4) is 0 Å². The molecule has 2 N–H and O–H groups in total. The molecule has 0 atom stereocenters. The zero-order chi connectivity index (χ0) is 20.1.